The Kier molecular flexibility index (Phi) is 4.55. The highest BCUT2D eigenvalue weighted by molar-refractivity contribution is 5.74. The van der Waals surface area contributed by atoms with E-state index >= 15 is 0 Å². The standard InChI is InChI=1S/C10H17NO4/c1-3-15-9(12)7-11-5-4-8(6-11)10(13)14-2/h8H,3-7H2,1-2H3. The van der Waals surface area contributed by atoms with Gasteiger partial charge in [-0.3, -0.25) is 14.5 Å². The number of esters is 2. The third-order valence-electron chi connectivity index (χ3n) is 2.46. The van der Waals surface area contributed by atoms with Gasteiger partial charge in [0.2, 0.25) is 0 Å². The molecule has 0 aromatic carbocycles. The van der Waals surface area contributed by atoms with E-state index in [1.807, 2.05) is 4.90 Å². The van der Waals surface area contributed by atoms with Crippen molar-refractivity contribution in [2.45, 2.75) is 13.3 Å². The minimum Gasteiger partial charge on any atom is -0.469 e. The van der Waals surface area contributed by atoms with Crippen molar-refractivity contribution < 1.29 is 19.1 Å². The van der Waals surface area contributed by atoms with Crippen LogP contribution in [0.4, 0.5) is 0 Å². The normalized spacial score (nSPS) is 21.3. The van der Waals surface area contributed by atoms with Gasteiger partial charge in [0.05, 0.1) is 26.2 Å². The van der Waals surface area contributed by atoms with Crippen LogP contribution in [0.5, 0.6) is 0 Å². The second-order valence-corrected chi connectivity index (χ2v) is 3.55. The number of hydrogen-bond acceptors (Lipinski definition) is 5. The molecule has 86 valence electrons. The summed E-state index contributed by atoms with van der Waals surface area (Å²) in [7, 11) is 1.39. The maximum atomic E-state index is 11.2. The van der Waals surface area contributed by atoms with Gasteiger partial charge in [-0.15, -0.1) is 0 Å². The van der Waals surface area contributed by atoms with Crippen LogP contribution in [0.2, 0.25) is 0 Å². The topological polar surface area (TPSA) is 55.8 Å². The zero-order valence-electron chi connectivity index (χ0n) is 9.19. The van der Waals surface area contributed by atoms with Crippen LogP contribution in [-0.4, -0.2) is 50.2 Å². The summed E-state index contributed by atoms with van der Waals surface area (Å²) < 4.78 is 9.48. The molecule has 0 aliphatic carbocycles. The summed E-state index contributed by atoms with van der Waals surface area (Å²) in [5, 5.41) is 0. The van der Waals surface area contributed by atoms with Gasteiger partial charge in [0.1, 0.15) is 0 Å². The van der Waals surface area contributed by atoms with E-state index in [9.17, 15) is 9.59 Å². The van der Waals surface area contributed by atoms with Crippen molar-refractivity contribution in [1.82, 2.24) is 4.90 Å². The van der Waals surface area contributed by atoms with Crippen molar-refractivity contribution in [3.63, 3.8) is 0 Å². The number of rotatable bonds is 4. The first-order chi connectivity index (χ1) is 7.17. The van der Waals surface area contributed by atoms with Gasteiger partial charge in [0, 0.05) is 6.54 Å². The number of nitrogens with zero attached hydrogens (tertiary/aromatic N) is 1. The lowest BCUT2D eigenvalue weighted by atomic mass is 10.1. The molecule has 0 amide bonds. The summed E-state index contributed by atoms with van der Waals surface area (Å²) in [6.07, 6.45) is 0.756. The van der Waals surface area contributed by atoms with Crippen LogP contribution in [0.15, 0.2) is 0 Å². The van der Waals surface area contributed by atoms with Crippen LogP contribution >= 0.6 is 0 Å². The molecule has 1 unspecified atom stereocenters. The van der Waals surface area contributed by atoms with Crippen molar-refractivity contribution >= 4 is 11.9 Å². The molecular weight excluding hydrogens is 198 g/mol. The molecular formula is C10H17NO4. The molecule has 5 heteroatoms. The fourth-order valence-electron chi connectivity index (χ4n) is 1.72. The van der Waals surface area contributed by atoms with E-state index in [-0.39, 0.29) is 24.4 Å². The average molecular weight is 215 g/mol. The summed E-state index contributed by atoms with van der Waals surface area (Å²) >= 11 is 0. The molecule has 0 spiro atoms. The van der Waals surface area contributed by atoms with E-state index in [4.69, 9.17) is 4.74 Å². The molecule has 1 rings (SSSR count). The maximum Gasteiger partial charge on any atom is 0.320 e. The highest BCUT2D eigenvalue weighted by Gasteiger charge is 2.29. The molecule has 0 radical (unpaired) electrons. The highest BCUT2D eigenvalue weighted by atomic mass is 16.5. The van der Waals surface area contributed by atoms with Gasteiger partial charge in [-0.25, -0.2) is 0 Å². The Bertz CT molecular complexity index is 242. The maximum absolute atomic E-state index is 11.2. The number of carbonyl (C=O) groups is 2. The van der Waals surface area contributed by atoms with Gasteiger partial charge < -0.3 is 9.47 Å². The summed E-state index contributed by atoms with van der Waals surface area (Å²) in [6, 6.07) is 0. The largest absolute Gasteiger partial charge is 0.469 e. The Balaban J connectivity index is 2.30. The summed E-state index contributed by atoms with van der Waals surface area (Å²) in [5.41, 5.74) is 0. The molecule has 0 aromatic heterocycles. The first kappa shape index (κ1) is 12.0. The zero-order valence-corrected chi connectivity index (χ0v) is 9.19. The Morgan fingerprint density at radius 2 is 2.20 bits per heavy atom. The van der Waals surface area contributed by atoms with Crippen LogP contribution in [-0.2, 0) is 19.1 Å². The fraction of sp³-hybridized carbons (Fsp3) is 0.800. The van der Waals surface area contributed by atoms with Crippen LogP contribution in [0.3, 0.4) is 0 Å². The van der Waals surface area contributed by atoms with Crippen LogP contribution in [0.25, 0.3) is 0 Å². The number of likely N-dealkylation sites (tertiary alicyclic amines) is 1. The van der Waals surface area contributed by atoms with Crippen molar-refractivity contribution in [2.24, 2.45) is 5.92 Å². The molecule has 1 aliphatic rings. The Morgan fingerprint density at radius 3 is 2.80 bits per heavy atom. The monoisotopic (exact) mass is 215 g/mol. The quantitative estimate of drug-likeness (QED) is 0.620. The van der Waals surface area contributed by atoms with Crippen molar-refractivity contribution in [2.75, 3.05) is 33.4 Å². The minimum atomic E-state index is -0.233. The number of hydrogen-bond donors (Lipinski definition) is 0. The first-order valence-electron chi connectivity index (χ1n) is 5.13. The second-order valence-electron chi connectivity index (χ2n) is 3.55. The van der Waals surface area contributed by atoms with E-state index < -0.39 is 0 Å². The van der Waals surface area contributed by atoms with Crippen molar-refractivity contribution in [1.29, 1.82) is 0 Å². The third kappa shape index (κ3) is 3.51. The first-order valence-corrected chi connectivity index (χ1v) is 5.13. The van der Waals surface area contributed by atoms with E-state index in [2.05, 4.69) is 4.74 Å². The van der Waals surface area contributed by atoms with Crippen LogP contribution in [0.1, 0.15) is 13.3 Å². The summed E-state index contributed by atoms with van der Waals surface area (Å²) in [6.45, 7) is 3.78. The molecule has 0 aromatic rings. The number of ether oxygens (including phenoxy) is 2. The van der Waals surface area contributed by atoms with Gasteiger partial charge in [-0.05, 0) is 19.9 Å². The highest BCUT2D eigenvalue weighted by Crippen LogP contribution is 2.16. The molecule has 0 N–H and O–H groups in total. The number of methoxy groups -OCH3 is 1. The molecule has 1 aliphatic heterocycles. The van der Waals surface area contributed by atoms with Gasteiger partial charge in [-0.1, -0.05) is 0 Å². The Morgan fingerprint density at radius 1 is 1.47 bits per heavy atom. The third-order valence-corrected chi connectivity index (χ3v) is 2.46. The van der Waals surface area contributed by atoms with Crippen molar-refractivity contribution in [3.05, 3.63) is 0 Å². The lowest BCUT2D eigenvalue weighted by molar-refractivity contribution is -0.147. The summed E-state index contributed by atoms with van der Waals surface area (Å²) in [4.78, 5) is 24.3. The molecule has 15 heavy (non-hydrogen) atoms. The predicted molar refractivity (Wildman–Crippen MR) is 53.2 cm³/mol. The van der Waals surface area contributed by atoms with Gasteiger partial charge in [0.15, 0.2) is 0 Å². The molecule has 1 heterocycles. The fourth-order valence-corrected chi connectivity index (χ4v) is 1.72. The van der Waals surface area contributed by atoms with E-state index in [1.54, 1.807) is 6.92 Å². The lowest BCUT2D eigenvalue weighted by Gasteiger charge is -2.13. The number of carbonyl (C=O) groups excluding carboxylic acids is 2. The molecule has 0 saturated carbocycles. The van der Waals surface area contributed by atoms with E-state index in [0.29, 0.717) is 13.2 Å². The SMILES string of the molecule is CCOC(=O)CN1CCC(C(=O)OC)C1. The predicted octanol–water partition coefficient (Wildman–Crippen LogP) is 0.0444. The van der Waals surface area contributed by atoms with Gasteiger partial charge >= 0.3 is 11.9 Å². The Labute approximate surface area is 89.3 Å². The zero-order chi connectivity index (χ0) is 11.3. The van der Waals surface area contributed by atoms with Gasteiger partial charge in [0.25, 0.3) is 0 Å². The molecule has 5 nitrogen and oxygen atoms in total. The van der Waals surface area contributed by atoms with E-state index in [0.717, 1.165) is 13.0 Å². The van der Waals surface area contributed by atoms with Crippen LogP contribution in [0, 0.1) is 5.92 Å². The van der Waals surface area contributed by atoms with E-state index in [1.165, 1.54) is 7.11 Å². The molecule has 1 atom stereocenters. The smallest absolute Gasteiger partial charge is 0.320 e. The van der Waals surface area contributed by atoms with Crippen molar-refractivity contribution in [3.8, 4) is 0 Å². The summed E-state index contributed by atoms with van der Waals surface area (Å²) in [5.74, 6) is -0.520. The van der Waals surface area contributed by atoms with Crippen LogP contribution < -0.4 is 0 Å². The molecule has 0 bridgehead atoms. The van der Waals surface area contributed by atoms with Gasteiger partial charge in [-0.2, -0.15) is 0 Å². The second kappa shape index (κ2) is 5.70. The Hall–Kier alpha value is -1.10. The minimum absolute atomic E-state index is 0.0931. The lowest BCUT2D eigenvalue weighted by Crippen LogP contribution is -2.30. The molecule has 1 saturated heterocycles. The molecule has 1 fully saturated rings. The average Bonchev–Trinajstić information content (AvgIpc) is 2.65.